The molecule has 0 spiro atoms. The summed E-state index contributed by atoms with van der Waals surface area (Å²) in [6.45, 7) is 1.98. The lowest BCUT2D eigenvalue weighted by Gasteiger charge is -2.23. The first-order chi connectivity index (χ1) is 17.0. The number of benzene rings is 3. The first-order valence-electron chi connectivity index (χ1n) is 11.6. The molecule has 0 aromatic heterocycles. The van der Waals surface area contributed by atoms with Crippen LogP contribution in [0.3, 0.4) is 0 Å². The van der Waals surface area contributed by atoms with Gasteiger partial charge in [0.05, 0.1) is 6.61 Å². The second-order valence-corrected chi connectivity index (χ2v) is 7.95. The predicted octanol–water partition coefficient (Wildman–Crippen LogP) is 3.81. The van der Waals surface area contributed by atoms with E-state index >= 15 is 0 Å². The Balaban J connectivity index is 1.71. The van der Waals surface area contributed by atoms with E-state index < -0.39 is 30.1 Å². The Hall–Kier alpha value is -4.13. The molecule has 0 heterocycles. The number of amides is 2. The van der Waals surface area contributed by atoms with Crippen LogP contribution in [0.15, 0.2) is 91.0 Å². The molecular formula is C28H30N2O5. The Bertz CT molecular complexity index is 1070. The van der Waals surface area contributed by atoms with E-state index in [2.05, 4.69) is 10.6 Å². The molecule has 2 N–H and O–H groups in total. The van der Waals surface area contributed by atoms with Crippen LogP contribution in [0.2, 0.25) is 0 Å². The molecule has 0 aliphatic rings. The van der Waals surface area contributed by atoms with Crippen molar-refractivity contribution in [1.29, 1.82) is 0 Å². The lowest BCUT2D eigenvalue weighted by Crippen LogP contribution is -2.53. The fourth-order valence-corrected chi connectivity index (χ4v) is 3.52. The van der Waals surface area contributed by atoms with Gasteiger partial charge in [0.2, 0.25) is 5.91 Å². The topological polar surface area (TPSA) is 93.7 Å². The van der Waals surface area contributed by atoms with Crippen molar-refractivity contribution in [2.45, 2.75) is 38.5 Å². The van der Waals surface area contributed by atoms with Crippen LogP contribution in [0.5, 0.6) is 0 Å². The van der Waals surface area contributed by atoms with Crippen LogP contribution >= 0.6 is 0 Å². The maximum atomic E-state index is 13.3. The predicted molar refractivity (Wildman–Crippen MR) is 132 cm³/mol. The number of hydrogen-bond donors (Lipinski definition) is 2. The molecule has 3 aromatic carbocycles. The molecule has 0 bridgehead atoms. The highest BCUT2D eigenvalue weighted by molar-refractivity contribution is 5.90. The average molecular weight is 475 g/mol. The summed E-state index contributed by atoms with van der Waals surface area (Å²) in [7, 11) is 0. The quantitative estimate of drug-likeness (QED) is 0.412. The summed E-state index contributed by atoms with van der Waals surface area (Å²) >= 11 is 0. The van der Waals surface area contributed by atoms with Crippen LogP contribution in [0.25, 0.3) is 0 Å². The Morgan fingerprint density at radius 1 is 0.657 bits per heavy atom. The number of hydrogen-bond acceptors (Lipinski definition) is 5. The highest BCUT2D eigenvalue weighted by atomic mass is 16.5. The number of nitrogens with one attached hydrogen (secondary N) is 2. The summed E-state index contributed by atoms with van der Waals surface area (Å²) in [6.07, 6.45) is -0.226. The normalized spacial score (nSPS) is 12.1. The van der Waals surface area contributed by atoms with Crippen LogP contribution in [-0.4, -0.2) is 36.7 Å². The Morgan fingerprint density at radius 2 is 1.14 bits per heavy atom. The molecule has 0 aliphatic heterocycles. The number of carbonyl (C=O) groups excluding carboxylic acids is 3. The number of esters is 1. The molecule has 0 radical (unpaired) electrons. The van der Waals surface area contributed by atoms with Crippen molar-refractivity contribution in [2.75, 3.05) is 6.61 Å². The molecule has 35 heavy (non-hydrogen) atoms. The van der Waals surface area contributed by atoms with Crippen molar-refractivity contribution < 1.29 is 23.9 Å². The smallest absolute Gasteiger partial charge is 0.408 e. The number of ether oxygens (including phenoxy) is 2. The molecule has 2 atom stereocenters. The second kappa shape index (κ2) is 13.5. The molecule has 3 rings (SSSR count). The molecule has 182 valence electrons. The van der Waals surface area contributed by atoms with Gasteiger partial charge in [0.15, 0.2) is 0 Å². The molecular weight excluding hydrogens is 444 g/mol. The van der Waals surface area contributed by atoms with E-state index in [4.69, 9.17) is 9.47 Å². The molecule has 0 fully saturated rings. The first kappa shape index (κ1) is 25.5. The third-order valence-corrected chi connectivity index (χ3v) is 5.27. The van der Waals surface area contributed by atoms with Gasteiger partial charge in [-0.25, -0.2) is 9.59 Å². The second-order valence-electron chi connectivity index (χ2n) is 7.95. The number of rotatable bonds is 11. The summed E-state index contributed by atoms with van der Waals surface area (Å²) in [5.41, 5.74) is 2.56. The fourth-order valence-electron chi connectivity index (χ4n) is 3.52. The van der Waals surface area contributed by atoms with Gasteiger partial charge in [-0.2, -0.15) is 0 Å². The zero-order valence-electron chi connectivity index (χ0n) is 19.7. The third-order valence-electron chi connectivity index (χ3n) is 5.27. The minimum Gasteiger partial charge on any atom is -0.464 e. The summed E-state index contributed by atoms with van der Waals surface area (Å²) in [4.78, 5) is 38.4. The summed E-state index contributed by atoms with van der Waals surface area (Å²) in [6, 6.07) is 26.1. The van der Waals surface area contributed by atoms with Gasteiger partial charge in [-0.3, -0.25) is 4.79 Å². The molecule has 7 heteroatoms. The van der Waals surface area contributed by atoms with Crippen molar-refractivity contribution in [3.8, 4) is 0 Å². The van der Waals surface area contributed by atoms with Gasteiger partial charge >= 0.3 is 12.1 Å². The van der Waals surface area contributed by atoms with E-state index in [0.717, 1.165) is 16.7 Å². The van der Waals surface area contributed by atoms with Crippen molar-refractivity contribution >= 4 is 18.0 Å². The van der Waals surface area contributed by atoms with Gasteiger partial charge in [-0.05, 0) is 23.6 Å². The molecule has 2 amide bonds. The van der Waals surface area contributed by atoms with E-state index in [1.807, 2.05) is 91.0 Å². The van der Waals surface area contributed by atoms with E-state index in [9.17, 15) is 14.4 Å². The van der Waals surface area contributed by atoms with Gasteiger partial charge in [-0.15, -0.1) is 0 Å². The molecule has 3 aromatic rings. The van der Waals surface area contributed by atoms with Gasteiger partial charge in [0.1, 0.15) is 18.7 Å². The van der Waals surface area contributed by atoms with Gasteiger partial charge in [0, 0.05) is 12.8 Å². The van der Waals surface area contributed by atoms with Crippen LogP contribution in [0.4, 0.5) is 4.79 Å². The maximum Gasteiger partial charge on any atom is 0.408 e. The standard InChI is InChI=1S/C28H30N2O5/c1-2-34-27(32)25(19-22-14-8-4-9-15-22)29-26(31)24(18-21-12-6-3-7-13-21)30-28(33)35-20-23-16-10-5-11-17-23/h3-17,24-25H,2,18-20H2,1H3,(H,29,31)(H,30,33)/t24-,25+/m0/s1. The lowest BCUT2D eigenvalue weighted by atomic mass is 10.0. The monoisotopic (exact) mass is 474 g/mol. The van der Waals surface area contributed by atoms with Crippen LogP contribution in [-0.2, 0) is 38.5 Å². The summed E-state index contributed by atoms with van der Waals surface area (Å²) in [5, 5.41) is 5.42. The highest BCUT2D eigenvalue weighted by Crippen LogP contribution is 2.09. The fraction of sp³-hybridized carbons (Fsp3) is 0.250. The van der Waals surface area contributed by atoms with E-state index in [-0.39, 0.29) is 26.1 Å². The Kier molecular flexibility index (Phi) is 9.87. The maximum absolute atomic E-state index is 13.3. The minimum absolute atomic E-state index is 0.0752. The Morgan fingerprint density at radius 3 is 1.66 bits per heavy atom. The van der Waals surface area contributed by atoms with Crippen LogP contribution < -0.4 is 10.6 Å². The van der Waals surface area contributed by atoms with Gasteiger partial charge < -0.3 is 20.1 Å². The lowest BCUT2D eigenvalue weighted by molar-refractivity contribution is -0.147. The van der Waals surface area contributed by atoms with E-state index in [0.29, 0.717) is 0 Å². The molecule has 0 aliphatic carbocycles. The summed E-state index contributed by atoms with van der Waals surface area (Å²) < 4.78 is 10.5. The third kappa shape index (κ3) is 8.62. The highest BCUT2D eigenvalue weighted by Gasteiger charge is 2.28. The van der Waals surface area contributed by atoms with Crippen LogP contribution in [0, 0.1) is 0 Å². The zero-order chi connectivity index (χ0) is 24.9. The first-order valence-corrected chi connectivity index (χ1v) is 11.6. The van der Waals surface area contributed by atoms with Crippen LogP contribution in [0.1, 0.15) is 23.6 Å². The zero-order valence-corrected chi connectivity index (χ0v) is 19.7. The molecule has 0 saturated carbocycles. The SMILES string of the molecule is CCOC(=O)[C@@H](Cc1ccccc1)NC(=O)[C@H](Cc1ccccc1)NC(=O)OCc1ccccc1. The molecule has 0 saturated heterocycles. The molecule has 0 unspecified atom stereocenters. The minimum atomic E-state index is -0.951. The average Bonchev–Trinajstić information content (AvgIpc) is 2.88. The van der Waals surface area contributed by atoms with Gasteiger partial charge in [-0.1, -0.05) is 91.0 Å². The van der Waals surface area contributed by atoms with Crippen molar-refractivity contribution in [3.63, 3.8) is 0 Å². The van der Waals surface area contributed by atoms with Crippen molar-refractivity contribution in [2.24, 2.45) is 0 Å². The Labute approximate surface area is 205 Å². The number of carbonyl (C=O) groups is 3. The largest absolute Gasteiger partial charge is 0.464 e. The van der Waals surface area contributed by atoms with E-state index in [1.165, 1.54) is 0 Å². The van der Waals surface area contributed by atoms with Gasteiger partial charge in [0.25, 0.3) is 0 Å². The molecule has 7 nitrogen and oxygen atoms in total. The number of alkyl carbamates (subject to hydrolysis) is 1. The van der Waals surface area contributed by atoms with E-state index in [1.54, 1.807) is 6.92 Å². The summed E-state index contributed by atoms with van der Waals surface area (Å²) in [5.74, 6) is -1.03. The van der Waals surface area contributed by atoms with Crippen molar-refractivity contribution in [3.05, 3.63) is 108 Å². The van der Waals surface area contributed by atoms with Crippen molar-refractivity contribution in [1.82, 2.24) is 10.6 Å².